The third-order valence-corrected chi connectivity index (χ3v) is 7.19. The molecule has 0 bridgehead atoms. The predicted octanol–water partition coefficient (Wildman–Crippen LogP) is 6.52. The van der Waals surface area contributed by atoms with Crippen molar-refractivity contribution in [3.05, 3.63) is 71.8 Å². The topological polar surface area (TPSA) is 40.2 Å². The summed E-state index contributed by atoms with van der Waals surface area (Å²) in [6.45, 7) is 27.2. The lowest BCUT2D eigenvalue weighted by Crippen LogP contribution is -2.50. The first-order chi connectivity index (χ1) is 19.7. The number of rotatable bonds is 11. The van der Waals surface area contributed by atoms with Gasteiger partial charge in [-0.05, 0) is 31.5 Å². The molecule has 1 aliphatic heterocycles. The second-order valence-electron chi connectivity index (χ2n) is 9.96. The molecule has 2 unspecified atom stereocenters. The highest BCUT2D eigenvalue weighted by molar-refractivity contribution is 5.14. The quantitative estimate of drug-likeness (QED) is 0.336. The van der Waals surface area contributed by atoms with Crippen LogP contribution in [-0.4, -0.2) is 98.9 Å². The van der Waals surface area contributed by atoms with Gasteiger partial charge >= 0.3 is 0 Å². The van der Waals surface area contributed by atoms with Crippen molar-refractivity contribution < 1.29 is 13.8 Å². The Hall–Kier alpha value is -1.80. The molecule has 1 N–H and O–H groups in total. The van der Waals surface area contributed by atoms with E-state index < -0.39 is 0 Å². The Balaban J connectivity index is -0.00000219. The Morgan fingerprint density at radius 1 is 0.650 bits per heavy atom. The molecule has 1 aliphatic rings. The van der Waals surface area contributed by atoms with E-state index in [0.717, 1.165) is 72.1 Å². The van der Waals surface area contributed by atoms with Gasteiger partial charge in [-0.25, -0.2) is 0 Å². The standard InChI is InChI=1S/C30H48N4O2.2C2H6.3H2/c1-4-32-17-15-31-16-18-33(27(2)23-35-25-29-11-7-5-8-12-29)21-22-34(20-19-32)28(3)24-36-26-30-13-9-6-10-14-30;2*1-2;;;/h5-14,27-28,31H,4,15-26H2,1-3H3;2*1-2H3;3*1H. The lowest BCUT2D eigenvalue weighted by Gasteiger charge is -2.36. The molecule has 1 heterocycles. The van der Waals surface area contributed by atoms with Crippen molar-refractivity contribution >= 4 is 0 Å². The second-order valence-corrected chi connectivity index (χ2v) is 9.96. The summed E-state index contributed by atoms with van der Waals surface area (Å²) in [5.74, 6) is 0. The minimum absolute atomic E-state index is 0. The van der Waals surface area contributed by atoms with Crippen LogP contribution in [0.25, 0.3) is 0 Å². The van der Waals surface area contributed by atoms with Gasteiger partial charge in [-0.3, -0.25) is 9.80 Å². The van der Waals surface area contributed by atoms with Gasteiger partial charge in [0.1, 0.15) is 0 Å². The Morgan fingerprint density at radius 2 is 1.07 bits per heavy atom. The average molecular weight is 563 g/mol. The van der Waals surface area contributed by atoms with Gasteiger partial charge in [-0.15, -0.1) is 0 Å². The zero-order valence-electron chi connectivity index (χ0n) is 26.8. The molecule has 6 nitrogen and oxygen atoms in total. The molecule has 1 saturated heterocycles. The molecule has 1 fully saturated rings. The van der Waals surface area contributed by atoms with Crippen molar-refractivity contribution in [2.45, 2.75) is 73.8 Å². The van der Waals surface area contributed by atoms with E-state index in [-0.39, 0.29) is 4.28 Å². The fourth-order valence-corrected chi connectivity index (χ4v) is 4.70. The van der Waals surface area contributed by atoms with Gasteiger partial charge in [-0.2, -0.15) is 0 Å². The minimum Gasteiger partial charge on any atom is -0.375 e. The van der Waals surface area contributed by atoms with E-state index in [2.05, 4.69) is 101 Å². The Bertz CT molecular complexity index is 824. The molecule has 0 aliphatic carbocycles. The van der Waals surface area contributed by atoms with Crippen LogP contribution in [0.15, 0.2) is 60.7 Å². The molecule has 0 aromatic heterocycles. The van der Waals surface area contributed by atoms with E-state index >= 15 is 0 Å². The van der Waals surface area contributed by atoms with Crippen LogP contribution in [0, 0.1) is 0 Å². The number of nitrogens with one attached hydrogen (secondary N) is 1. The fraction of sp³-hybridized carbons (Fsp3) is 0.647. The van der Waals surface area contributed by atoms with E-state index in [9.17, 15) is 0 Å². The van der Waals surface area contributed by atoms with Crippen LogP contribution < -0.4 is 5.32 Å². The summed E-state index contributed by atoms with van der Waals surface area (Å²) in [6, 6.07) is 21.7. The number of hydrogen-bond acceptors (Lipinski definition) is 6. The highest BCUT2D eigenvalue weighted by Crippen LogP contribution is 2.09. The lowest BCUT2D eigenvalue weighted by molar-refractivity contribution is 0.0313. The third-order valence-electron chi connectivity index (χ3n) is 7.19. The van der Waals surface area contributed by atoms with Gasteiger partial charge in [0.15, 0.2) is 0 Å². The molecule has 6 heteroatoms. The Labute approximate surface area is 251 Å². The van der Waals surface area contributed by atoms with Gasteiger partial charge in [-0.1, -0.05) is 95.3 Å². The smallest absolute Gasteiger partial charge is 0.0717 e. The number of hydrogen-bond donors (Lipinski definition) is 1. The summed E-state index contributed by atoms with van der Waals surface area (Å²) in [5.41, 5.74) is 2.47. The maximum absolute atomic E-state index is 6.13. The molecule has 2 atom stereocenters. The molecule has 0 radical (unpaired) electrons. The minimum atomic E-state index is 0. The van der Waals surface area contributed by atoms with Gasteiger partial charge in [0.25, 0.3) is 0 Å². The fourth-order valence-electron chi connectivity index (χ4n) is 4.70. The molecule has 2 aromatic carbocycles. The van der Waals surface area contributed by atoms with Crippen molar-refractivity contribution in [3.63, 3.8) is 0 Å². The molecule has 0 amide bonds. The van der Waals surface area contributed by atoms with Crippen molar-refractivity contribution in [2.24, 2.45) is 0 Å². The Morgan fingerprint density at radius 3 is 1.55 bits per heavy atom. The highest BCUT2D eigenvalue weighted by Gasteiger charge is 2.20. The third kappa shape index (κ3) is 15.3. The SMILES string of the molecule is CC.CC.CCN1CCNCCN(C(C)COCc2ccccc2)CCN(C(C)COCc2ccccc2)CC1.[HH].[HH].[HH]. The van der Waals surface area contributed by atoms with Gasteiger partial charge < -0.3 is 19.7 Å². The second kappa shape index (κ2) is 23.9. The maximum Gasteiger partial charge on any atom is 0.0717 e. The molecule has 234 valence electrons. The first kappa shape index (κ1) is 36.2. The van der Waals surface area contributed by atoms with Crippen molar-refractivity contribution in [2.75, 3.05) is 72.1 Å². The normalized spacial score (nSPS) is 17.7. The van der Waals surface area contributed by atoms with Crippen LogP contribution in [0.3, 0.4) is 0 Å². The molecule has 3 rings (SSSR count). The number of nitrogens with zero attached hydrogens (tertiary/aromatic N) is 3. The summed E-state index contributed by atoms with van der Waals surface area (Å²) in [5, 5.41) is 3.65. The Kier molecular flexibility index (Phi) is 21.6. The van der Waals surface area contributed by atoms with E-state index in [0.29, 0.717) is 25.3 Å². The number of ether oxygens (including phenoxy) is 2. The number of likely N-dealkylation sites (N-methyl/N-ethyl adjacent to an activating group) is 1. The summed E-state index contributed by atoms with van der Waals surface area (Å²) >= 11 is 0. The first-order valence-electron chi connectivity index (χ1n) is 15.8. The molecule has 2 aromatic rings. The summed E-state index contributed by atoms with van der Waals surface area (Å²) in [7, 11) is 0. The zero-order valence-corrected chi connectivity index (χ0v) is 26.8. The molecule has 0 saturated carbocycles. The summed E-state index contributed by atoms with van der Waals surface area (Å²) in [6.07, 6.45) is 0. The van der Waals surface area contributed by atoms with Crippen LogP contribution in [-0.2, 0) is 22.7 Å². The van der Waals surface area contributed by atoms with E-state index in [1.165, 1.54) is 11.1 Å². The van der Waals surface area contributed by atoms with Crippen LogP contribution in [0.2, 0.25) is 0 Å². The maximum atomic E-state index is 6.13. The van der Waals surface area contributed by atoms with Crippen LogP contribution in [0.4, 0.5) is 0 Å². The van der Waals surface area contributed by atoms with Crippen molar-refractivity contribution in [1.29, 1.82) is 0 Å². The van der Waals surface area contributed by atoms with Crippen LogP contribution in [0.1, 0.15) is 63.9 Å². The number of benzene rings is 2. The molecule has 0 spiro atoms. The molecular weight excluding hydrogens is 496 g/mol. The lowest BCUT2D eigenvalue weighted by atomic mass is 10.2. The zero-order chi connectivity index (χ0) is 29.4. The van der Waals surface area contributed by atoms with Gasteiger partial charge in [0.05, 0.1) is 26.4 Å². The van der Waals surface area contributed by atoms with Crippen molar-refractivity contribution in [3.8, 4) is 0 Å². The average Bonchev–Trinajstić information content (AvgIpc) is 3.00. The van der Waals surface area contributed by atoms with Gasteiger partial charge in [0, 0.05) is 68.7 Å². The van der Waals surface area contributed by atoms with E-state index in [1.54, 1.807) is 0 Å². The van der Waals surface area contributed by atoms with Crippen LogP contribution in [0.5, 0.6) is 0 Å². The summed E-state index contributed by atoms with van der Waals surface area (Å²) < 4.78 is 12.2. The molecule has 40 heavy (non-hydrogen) atoms. The summed E-state index contributed by atoms with van der Waals surface area (Å²) in [4.78, 5) is 7.76. The monoisotopic (exact) mass is 563 g/mol. The molecular formula is C34H66N4O2. The highest BCUT2D eigenvalue weighted by atomic mass is 16.5. The van der Waals surface area contributed by atoms with E-state index in [1.807, 2.05) is 27.7 Å². The van der Waals surface area contributed by atoms with Gasteiger partial charge in [0.2, 0.25) is 0 Å². The predicted molar refractivity (Wildman–Crippen MR) is 178 cm³/mol. The first-order valence-corrected chi connectivity index (χ1v) is 15.8. The van der Waals surface area contributed by atoms with E-state index in [4.69, 9.17) is 9.47 Å². The van der Waals surface area contributed by atoms with Crippen LogP contribution >= 0.6 is 0 Å². The van der Waals surface area contributed by atoms with Crippen molar-refractivity contribution in [1.82, 2.24) is 20.0 Å². The largest absolute Gasteiger partial charge is 0.375 e.